The summed E-state index contributed by atoms with van der Waals surface area (Å²) in [5.74, 6) is -0.194. The molecule has 10 heavy (non-hydrogen) atoms. The summed E-state index contributed by atoms with van der Waals surface area (Å²) in [5.41, 5.74) is 0. The smallest absolute Gasteiger partial charge is 0.0983 e. The molecule has 0 aromatic rings. The van der Waals surface area contributed by atoms with E-state index in [1.54, 1.807) is 12.2 Å². The number of hydrogen-bond acceptors (Lipinski definition) is 3. The molecule has 0 saturated heterocycles. The minimum atomic E-state index is -0.800. The Morgan fingerprint density at radius 3 is 2.60 bits per heavy atom. The maximum absolute atomic E-state index is 9.18. The molecule has 0 unspecified atom stereocenters. The summed E-state index contributed by atoms with van der Waals surface area (Å²) in [6.45, 7) is -0.0669. The summed E-state index contributed by atoms with van der Waals surface area (Å²) >= 11 is 0. The van der Waals surface area contributed by atoms with Crippen LogP contribution in [0.15, 0.2) is 12.2 Å². The van der Waals surface area contributed by atoms with Gasteiger partial charge in [-0.05, 0) is 6.42 Å². The Bertz CT molecular complexity index is 133. The van der Waals surface area contributed by atoms with E-state index >= 15 is 0 Å². The molecule has 0 radical (unpaired) electrons. The van der Waals surface area contributed by atoms with Crippen LogP contribution in [0.25, 0.3) is 0 Å². The highest BCUT2D eigenvalue weighted by molar-refractivity contribution is 5.01. The van der Waals surface area contributed by atoms with Crippen molar-refractivity contribution in [1.82, 2.24) is 0 Å². The fourth-order valence-corrected chi connectivity index (χ4v) is 1.11. The normalized spacial score (nSPS) is 40.1. The van der Waals surface area contributed by atoms with Crippen molar-refractivity contribution in [2.45, 2.75) is 18.6 Å². The van der Waals surface area contributed by atoms with Gasteiger partial charge in [0.1, 0.15) is 0 Å². The zero-order chi connectivity index (χ0) is 7.56. The highest BCUT2D eigenvalue weighted by atomic mass is 16.3. The minimum Gasteiger partial charge on any atom is -0.396 e. The van der Waals surface area contributed by atoms with E-state index < -0.39 is 12.2 Å². The third-order valence-electron chi connectivity index (χ3n) is 1.84. The largest absolute Gasteiger partial charge is 0.396 e. The van der Waals surface area contributed by atoms with E-state index in [0.717, 1.165) is 0 Å². The van der Waals surface area contributed by atoms with Crippen molar-refractivity contribution < 1.29 is 15.3 Å². The predicted molar refractivity (Wildman–Crippen MR) is 36.3 cm³/mol. The molecule has 0 spiro atoms. The van der Waals surface area contributed by atoms with Gasteiger partial charge in [0.15, 0.2) is 0 Å². The summed E-state index contributed by atoms with van der Waals surface area (Å²) in [6.07, 6.45) is 2.38. The van der Waals surface area contributed by atoms with Crippen molar-refractivity contribution in [2.24, 2.45) is 5.92 Å². The second-order valence-electron chi connectivity index (χ2n) is 2.59. The fraction of sp³-hybridized carbons (Fsp3) is 0.714. The first-order chi connectivity index (χ1) is 4.75. The van der Waals surface area contributed by atoms with Crippen LogP contribution in [0.3, 0.4) is 0 Å². The zero-order valence-corrected chi connectivity index (χ0v) is 5.64. The lowest BCUT2D eigenvalue weighted by Crippen LogP contribution is -2.36. The van der Waals surface area contributed by atoms with Gasteiger partial charge in [0.05, 0.1) is 12.2 Å². The van der Waals surface area contributed by atoms with Gasteiger partial charge < -0.3 is 15.3 Å². The number of allylic oxidation sites excluding steroid dienone is 1. The molecular weight excluding hydrogens is 132 g/mol. The van der Waals surface area contributed by atoms with Crippen LogP contribution in [-0.4, -0.2) is 34.1 Å². The van der Waals surface area contributed by atoms with Crippen LogP contribution in [-0.2, 0) is 0 Å². The van der Waals surface area contributed by atoms with Crippen LogP contribution in [0.5, 0.6) is 0 Å². The molecule has 1 rings (SSSR count). The van der Waals surface area contributed by atoms with E-state index in [1.807, 2.05) is 0 Å². The van der Waals surface area contributed by atoms with E-state index in [4.69, 9.17) is 10.2 Å². The van der Waals surface area contributed by atoms with Gasteiger partial charge in [0.25, 0.3) is 0 Å². The molecular formula is C7H12O3. The van der Waals surface area contributed by atoms with Gasteiger partial charge in [-0.15, -0.1) is 0 Å². The highest BCUT2D eigenvalue weighted by Gasteiger charge is 2.25. The fourth-order valence-electron chi connectivity index (χ4n) is 1.11. The Balaban J connectivity index is 2.56. The van der Waals surface area contributed by atoms with E-state index in [1.165, 1.54) is 0 Å². The van der Waals surface area contributed by atoms with Crippen molar-refractivity contribution in [3.05, 3.63) is 12.2 Å². The van der Waals surface area contributed by atoms with Crippen molar-refractivity contribution in [3.8, 4) is 0 Å². The lowest BCUT2D eigenvalue weighted by atomic mass is 9.90. The maximum Gasteiger partial charge on any atom is 0.0983 e. The zero-order valence-electron chi connectivity index (χ0n) is 5.64. The first-order valence-corrected chi connectivity index (χ1v) is 3.39. The minimum absolute atomic E-state index is 0.0669. The molecule has 3 N–H and O–H groups in total. The predicted octanol–water partition coefficient (Wildman–Crippen LogP) is -0.723. The standard InChI is InChI=1S/C7H12O3/c8-4-5-2-1-3-6(9)7(5)10/h1,3,5-10H,2,4H2/t5-,6-,7+/m1/s1. The number of aliphatic hydroxyl groups is 3. The summed E-state index contributed by atoms with van der Waals surface area (Å²) in [4.78, 5) is 0. The molecule has 0 saturated carbocycles. The number of hydrogen-bond donors (Lipinski definition) is 3. The average molecular weight is 144 g/mol. The molecule has 3 nitrogen and oxygen atoms in total. The molecule has 1 aliphatic carbocycles. The van der Waals surface area contributed by atoms with Gasteiger partial charge in [-0.3, -0.25) is 0 Å². The quantitative estimate of drug-likeness (QED) is 0.425. The Morgan fingerprint density at radius 1 is 1.40 bits per heavy atom. The van der Waals surface area contributed by atoms with Gasteiger partial charge in [-0.25, -0.2) is 0 Å². The Hall–Kier alpha value is -0.380. The highest BCUT2D eigenvalue weighted by Crippen LogP contribution is 2.18. The Labute approximate surface area is 59.6 Å². The van der Waals surface area contributed by atoms with Crippen molar-refractivity contribution in [2.75, 3.05) is 6.61 Å². The van der Waals surface area contributed by atoms with Gasteiger partial charge in [-0.1, -0.05) is 12.2 Å². The SMILES string of the molecule is OC[C@H]1CC=C[C@@H](O)[C@H]1O. The molecule has 0 amide bonds. The van der Waals surface area contributed by atoms with Crippen LogP contribution < -0.4 is 0 Å². The number of aliphatic hydroxyl groups excluding tert-OH is 3. The van der Waals surface area contributed by atoms with Crippen LogP contribution in [0.2, 0.25) is 0 Å². The summed E-state index contributed by atoms with van der Waals surface area (Å²) in [7, 11) is 0. The van der Waals surface area contributed by atoms with Crippen molar-refractivity contribution in [1.29, 1.82) is 0 Å². The maximum atomic E-state index is 9.18. The van der Waals surface area contributed by atoms with Gasteiger partial charge in [0.2, 0.25) is 0 Å². The molecule has 3 heteroatoms. The summed E-state index contributed by atoms with van der Waals surface area (Å²) in [5, 5.41) is 26.9. The average Bonchev–Trinajstić information content (AvgIpc) is 1.95. The monoisotopic (exact) mass is 144 g/mol. The lowest BCUT2D eigenvalue weighted by Gasteiger charge is -2.25. The second-order valence-corrected chi connectivity index (χ2v) is 2.59. The van der Waals surface area contributed by atoms with Gasteiger partial charge in [0, 0.05) is 12.5 Å². The van der Waals surface area contributed by atoms with Crippen molar-refractivity contribution in [3.63, 3.8) is 0 Å². The second kappa shape index (κ2) is 3.14. The molecule has 0 heterocycles. The topological polar surface area (TPSA) is 60.7 Å². The van der Waals surface area contributed by atoms with E-state index in [-0.39, 0.29) is 12.5 Å². The van der Waals surface area contributed by atoms with E-state index in [2.05, 4.69) is 0 Å². The Kier molecular flexibility index (Phi) is 2.43. The van der Waals surface area contributed by atoms with Crippen LogP contribution in [0.4, 0.5) is 0 Å². The number of rotatable bonds is 1. The van der Waals surface area contributed by atoms with E-state index in [0.29, 0.717) is 6.42 Å². The van der Waals surface area contributed by atoms with Gasteiger partial charge in [-0.2, -0.15) is 0 Å². The molecule has 0 fully saturated rings. The first kappa shape index (κ1) is 7.72. The molecule has 0 aliphatic heterocycles. The van der Waals surface area contributed by atoms with E-state index in [9.17, 15) is 5.11 Å². The molecule has 0 aromatic carbocycles. The van der Waals surface area contributed by atoms with Crippen LogP contribution >= 0.6 is 0 Å². The molecule has 3 atom stereocenters. The molecule has 58 valence electrons. The molecule has 0 bridgehead atoms. The Morgan fingerprint density at radius 2 is 2.10 bits per heavy atom. The summed E-state index contributed by atoms with van der Waals surface area (Å²) < 4.78 is 0. The van der Waals surface area contributed by atoms with Gasteiger partial charge >= 0.3 is 0 Å². The third-order valence-corrected chi connectivity index (χ3v) is 1.84. The lowest BCUT2D eigenvalue weighted by molar-refractivity contribution is -0.0155. The molecule has 1 aliphatic rings. The summed E-state index contributed by atoms with van der Waals surface area (Å²) in [6, 6.07) is 0. The third kappa shape index (κ3) is 1.37. The molecule has 0 aromatic heterocycles. The van der Waals surface area contributed by atoms with Crippen LogP contribution in [0, 0.1) is 5.92 Å². The van der Waals surface area contributed by atoms with Crippen molar-refractivity contribution >= 4 is 0 Å². The first-order valence-electron chi connectivity index (χ1n) is 3.39. The van der Waals surface area contributed by atoms with Crippen LogP contribution in [0.1, 0.15) is 6.42 Å².